The zero-order chi connectivity index (χ0) is 49.0. The number of thiocarbonyl (C=S) groups is 1. The van der Waals surface area contributed by atoms with E-state index < -0.39 is 0 Å². The summed E-state index contributed by atoms with van der Waals surface area (Å²) in [6.07, 6.45) is 11.2. The minimum Gasteiger partial charge on any atom is -0.181 e. The lowest BCUT2D eigenvalue weighted by Gasteiger charge is -2.35. The summed E-state index contributed by atoms with van der Waals surface area (Å²) in [5, 5.41) is 9.62. The van der Waals surface area contributed by atoms with Crippen molar-refractivity contribution in [2.24, 2.45) is 5.92 Å². The first-order chi connectivity index (χ1) is 36.3. The summed E-state index contributed by atoms with van der Waals surface area (Å²) in [6.45, 7) is 7.07. The number of benzene rings is 9. The molecule has 6 heteroatoms. The molecule has 74 heavy (non-hydrogen) atoms. The van der Waals surface area contributed by atoms with Gasteiger partial charge in [-0.1, -0.05) is 166 Å². The van der Waals surface area contributed by atoms with E-state index in [2.05, 4.69) is 242 Å². The molecule has 11 aromatic rings. The van der Waals surface area contributed by atoms with E-state index in [9.17, 15) is 0 Å². The molecule has 5 aliphatic heterocycles. The van der Waals surface area contributed by atoms with Crippen LogP contribution in [0.25, 0.3) is 88.1 Å². The maximum absolute atomic E-state index is 5.55. The molecule has 17 rings (SSSR count). The largest absolute Gasteiger partial charge is 0.498 e. The van der Waals surface area contributed by atoms with E-state index in [1.807, 2.05) is 5.37 Å². The van der Waals surface area contributed by atoms with Crippen LogP contribution in [0.15, 0.2) is 212 Å². The normalized spacial score (nSPS) is 22.8. The Labute approximate surface area is 435 Å². The number of hydrogen-bond acceptors (Lipinski definition) is 1. The van der Waals surface area contributed by atoms with E-state index in [0.29, 0.717) is 19.7 Å². The molecular formula is C68H51N5S+4. The quantitative estimate of drug-likeness (QED) is 0.0549. The van der Waals surface area contributed by atoms with Crippen molar-refractivity contribution in [3.05, 3.63) is 224 Å². The Morgan fingerprint density at radius 3 is 1.93 bits per heavy atom. The zero-order valence-corrected chi connectivity index (χ0v) is 42.3. The van der Waals surface area contributed by atoms with Gasteiger partial charge in [0, 0.05) is 71.1 Å². The molecule has 0 amide bonds. The first kappa shape index (κ1) is 41.4. The van der Waals surface area contributed by atoms with Crippen molar-refractivity contribution in [3.63, 3.8) is 0 Å². The number of hydrogen-bond donors (Lipinski definition) is 0. The van der Waals surface area contributed by atoms with Gasteiger partial charge in [-0.2, -0.15) is 4.57 Å². The van der Waals surface area contributed by atoms with Gasteiger partial charge in [0.25, 0.3) is 22.7 Å². The number of rotatable bonds is 5. The predicted octanol–water partition coefficient (Wildman–Crippen LogP) is 17.3. The third-order valence-corrected chi connectivity index (χ3v) is 18.3. The van der Waals surface area contributed by atoms with E-state index >= 15 is 0 Å². The Morgan fingerprint density at radius 2 is 1.19 bits per heavy atom. The van der Waals surface area contributed by atoms with E-state index in [0.717, 1.165) is 12.8 Å². The van der Waals surface area contributed by atoms with Crippen LogP contribution in [0, 0.1) is 5.92 Å². The third-order valence-electron chi connectivity index (χ3n) is 18.1. The van der Waals surface area contributed by atoms with Crippen molar-refractivity contribution in [1.29, 1.82) is 0 Å². The molecule has 0 bridgehead atoms. The summed E-state index contributed by atoms with van der Waals surface area (Å²) < 4.78 is 7.16. The van der Waals surface area contributed by atoms with Crippen molar-refractivity contribution in [2.75, 3.05) is 0 Å². The summed E-state index contributed by atoms with van der Waals surface area (Å²) in [5.74, 6) is 1.52. The van der Waals surface area contributed by atoms with Gasteiger partial charge in [0.1, 0.15) is 5.52 Å². The van der Waals surface area contributed by atoms with Gasteiger partial charge in [0.15, 0.2) is 6.20 Å². The number of nitrogens with zero attached hydrogens (tertiary/aromatic N) is 5. The average Bonchev–Trinajstić information content (AvgIpc) is 2.68. The molecule has 7 heterocycles. The molecule has 6 aliphatic rings. The van der Waals surface area contributed by atoms with Crippen LogP contribution in [0.4, 0.5) is 34.1 Å². The Kier molecular flexibility index (Phi) is 7.79. The molecule has 9 aromatic carbocycles. The van der Waals surface area contributed by atoms with Gasteiger partial charge in [-0.3, -0.25) is 0 Å². The maximum Gasteiger partial charge on any atom is 0.498 e. The predicted molar refractivity (Wildman–Crippen MR) is 311 cm³/mol. The molecule has 1 saturated heterocycles. The average molecular weight is 970 g/mol. The van der Waals surface area contributed by atoms with Crippen LogP contribution in [-0.2, 0) is 5.41 Å². The minimum absolute atomic E-state index is 0.101. The molecule has 1 aliphatic carbocycles. The Balaban J connectivity index is 1.12. The fourth-order valence-corrected chi connectivity index (χ4v) is 15.7. The molecule has 0 radical (unpaired) electrons. The lowest BCUT2D eigenvalue weighted by Crippen LogP contribution is -2.74. The zero-order valence-electron chi connectivity index (χ0n) is 41.5. The maximum atomic E-state index is 5.55. The second kappa shape index (κ2) is 13.9. The van der Waals surface area contributed by atoms with Crippen LogP contribution in [0.3, 0.4) is 0 Å². The van der Waals surface area contributed by atoms with Crippen LogP contribution in [0.1, 0.15) is 44.7 Å². The highest BCUT2D eigenvalue weighted by molar-refractivity contribution is 7.78. The molecular weight excluding hydrogens is 919 g/mol. The molecule has 2 aromatic heterocycles. The topological polar surface area (TPSA) is 8.81 Å². The molecule has 1 fully saturated rings. The number of pyridine rings is 1. The fourth-order valence-electron chi connectivity index (χ4n) is 15.4. The van der Waals surface area contributed by atoms with Gasteiger partial charge < -0.3 is 0 Å². The van der Waals surface area contributed by atoms with Crippen LogP contribution < -0.4 is 18.5 Å². The Hall–Kier alpha value is -8.10. The molecule has 5 nitrogen and oxygen atoms in total. The highest BCUT2D eigenvalue weighted by Gasteiger charge is 3.11. The third kappa shape index (κ3) is 4.54. The van der Waals surface area contributed by atoms with Crippen LogP contribution >= 0.6 is 12.2 Å². The molecule has 350 valence electrons. The monoisotopic (exact) mass is 969 g/mol. The van der Waals surface area contributed by atoms with Gasteiger partial charge >= 0.3 is 12.1 Å². The lowest BCUT2D eigenvalue weighted by atomic mass is 9.84. The smallest absolute Gasteiger partial charge is 0.181 e. The van der Waals surface area contributed by atoms with Crippen LogP contribution in [0.2, 0.25) is 0 Å². The van der Waals surface area contributed by atoms with Crippen molar-refractivity contribution >= 4 is 101 Å². The van der Waals surface area contributed by atoms with E-state index in [-0.39, 0.29) is 11.7 Å². The number of allylic oxidation sites excluding steroid dienone is 4. The van der Waals surface area contributed by atoms with Gasteiger partial charge in [-0.25, -0.2) is 0 Å². The summed E-state index contributed by atoms with van der Waals surface area (Å²) in [4.78, 5) is 0. The van der Waals surface area contributed by atoms with Crippen molar-refractivity contribution in [1.82, 2.24) is 18.3 Å². The first-order valence-corrected chi connectivity index (χ1v) is 26.8. The summed E-state index contributed by atoms with van der Waals surface area (Å²) >= 11 is 5.55. The van der Waals surface area contributed by atoms with Gasteiger partial charge in [-0.15, -0.1) is 0 Å². The SMILES string of the molecule is CC(C)(C)c1cc[n+]2c(c1)-n1c3ccccc3c3ccc4c(c31)[N+]21c2c(cccc2[N+]23c5ccccc5[N+]2(c2c(C5=CC=CC(CC=S)C5)cccc2-c2ccccc2)C13)-c1c-4c2ccccc2c2ccccc12. The highest BCUT2D eigenvalue weighted by Crippen LogP contribution is 2.86. The van der Waals surface area contributed by atoms with E-state index in [1.54, 1.807) is 0 Å². The van der Waals surface area contributed by atoms with Gasteiger partial charge in [0.05, 0.1) is 11.1 Å². The molecule has 0 saturated carbocycles. The summed E-state index contributed by atoms with van der Waals surface area (Å²) in [5.41, 5.74) is 22.3. The second-order valence-electron chi connectivity index (χ2n) is 22.5. The van der Waals surface area contributed by atoms with E-state index in [4.69, 9.17) is 12.2 Å². The molecule has 5 atom stereocenters. The lowest BCUT2D eigenvalue weighted by molar-refractivity contribution is -0.793. The number of aromatic nitrogens is 2. The number of quaternary nitrogens is 3. The Morgan fingerprint density at radius 1 is 0.568 bits per heavy atom. The van der Waals surface area contributed by atoms with Crippen LogP contribution in [0.5, 0.6) is 0 Å². The van der Waals surface area contributed by atoms with Crippen molar-refractivity contribution in [2.45, 2.75) is 45.3 Å². The number of fused-ring (bicyclic) bond motifs is 16. The standard InChI is InChI=1S/C68H51N5S/c1-68(2,3)45-36-38-69-60(41-45)70-56-30-12-11-24-50(56)53-34-35-55-62-52-26-10-8-23-49(52)48-22-7-9-25-51(48)61(62)54-29-17-33-59-65(54)71(69,66(55)63(53)70)67-72(59)57-31-13-14-32-58(57)73(67,72)64-46(43-19-5-4-6-20-43)27-16-28-47(64)44-21-15-18-42(40-44)37-39-74/h4-36,38-39,41-42,67H,37,40H2,1-3H3/q+4. The molecule has 5 unspecified atom stereocenters. The molecule has 2 spiro atoms. The first-order valence-electron chi connectivity index (χ1n) is 26.3. The second-order valence-corrected chi connectivity index (χ2v) is 22.8. The van der Waals surface area contributed by atoms with Crippen LogP contribution in [-0.4, -0.2) is 16.2 Å². The number of para-hydroxylation sites is 5. The summed E-state index contributed by atoms with van der Waals surface area (Å²) in [6, 6.07) is 72.7. The highest BCUT2D eigenvalue weighted by atomic mass is 32.1. The minimum atomic E-state index is -0.129. The molecule has 0 N–H and O–H groups in total. The fraction of sp³-hybridized carbons (Fsp3) is 0.118. The van der Waals surface area contributed by atoms with Crippen molar-refractivity contribution < 1.29 is 4.68 Å². The Bertz CT molecular complexity index is 4480. The van der Waals surface area contributed by atoms with Crippen molar-refractivity contribution in [3.8, 4) is 39.2 Å². The summed E-state index contributed by atoms with van der Waals surface area (Å²) in [7, 11) is 0. The van der Waals surface area contributed by atoms with E-state index in [1.165, 1.54) is 133 Å². The van der Waals surface area contributed by atoms with Gasteiger partial charge in [-0.05, 0) is 121 Å². The van der Waals surface area contributed by atoms with Gasteiger partial charge in [0.2, 0.25) is 16.9 Å².